The van der Waals surface area contributed by atoms with Gasteiger partial charge in [-0.2, -0.15) is 0 Å². The number of hydrogen-bond donors (Lipinski definition) is 0. The molecule has 0 nitrogen and oxygen atoms in total. The minimum absolute atomic E-state index is 1.18. The summed E-state index contributed by atoms with van der Waals surface area (Å²) in [6.07, 6.45) is 2.41. The van der Waals surface area contributed by atoms with E-state index in [1.54, 1.807) is 0 Å². The maximum absolute atomic E-state index is 2.28. The molecule has 0 aliphatic rings. The van der Waals surface area contributed by atoms with Gasteiger partial charge in [0.1, 0.15) is 0 Å². The molecule has 0 atom stereocenters. The lowest BCUT2D eigenvalue weighted by molar-refractivity contribution is 1.08. The smallest absolute Gasteiger partial charge is 0.0878 e. The molecule has 0 spiro atoms. The molecule has 0 saturated carbocycles. The summed E-state index contributed by atoms with van der Waals surface area (Å²) >= 11 is 0. The third-order valence-corrected chi connectivity index (χ3v) is 1.75. The summed E-state index contributed by atoms with van der Waals surface area (Å²) in [6, 6.07) is 8.65. The van der Waals surface area contributed by atoms with E-state index in [-0.39, 0.29) is 0 Å². The Bertz CT molecular complexity index is 201. The molecule has 0 fully saturated rings. The van der Waals surface area contributed by atoms with Crippen molar-refractivity contribution in [2.75, 3.05) is 0 Å². The third kappa shape index (κ3) is 2.79. The second kappa shape index (κ2) is 4.22. The molecule has 1 heteroatoms. The fourth-order valence-corrected chi connectivity index (χ4v) is 1.01. The molecule has 0 unspecified atom stereocenters. The van der Waals surface area contributed by atoms with Crippen molar-refractivity contribution in [3.63, 3.8) is 0 Å². The minimum Gasteiger partial charge on any atom is -0.0878 e. The van der Waals surface area contributed by atoms with Crippen LogP contribution < -0.4 is 5.46 Å². The summed E-state index contributed by atoms with van der Waals surface area (Å²) in [6.45, 7) is 4.31. The summed E-state index contributed by atoms with van der Waals surface area (Å²) in [5, 5.41) is 0. The van der Waals surface area contributed by atoms with Crippen LogP contribution in [0, 0.1) is 6.92 Å². The van der Waals surface area contributed by atoms with Gasteiger partial charge in [-0.25, -0.2) is 0 Å². The number of benzene rings is 1. The van der Waals surface area contributed by atoms with Crippen LogP contribution in [0.2, 0.25) is 6.32 Å². The van der Waals surface area contributed by atoms with Crippen LogP contribution in [0.25, 0.3) is 0 Å². The molecule has 1 rings (SSSR count). The number of hydrogen-bond acceptors (Lipinski definition) is 0. The highest BCUT2D eigenvalue weighted by Gasteiger charge is 1.92. The van der Waals surface area contributed by atoms with Crippen LogP contribution in [-0.2, 0) is 0 Å². The van der Waals surface area contributed by atoms with Crippen LogP contribution in [-0.4, -0.2) is 7.28 Å². The van der Waals surface area contributed by atoms with E-state index >= 15 is 0 Å². The molecular weight excluding hydrogens is 131 g/mol. The average Bonchev–Trinajstić information content (AvgIpc) is 2.04. The molecule has 0 N–H and O–H groups in total. The van der Waals surface area contributed by atoms with Gasteiger partial charge < -0.3 is 0 Å². The van der Waals surface area contributed by atoms with Crippen LogP contribution in [0.1, 0.15) is 18.9 Å². The fraction of sp³-hybridized carbons (Fsp3) is 0.400. The molecule has 0 aliphatic heterocycles. The fourth-order valence-electron chi connectivity index (χ4n) is 1.01. The molecule has 0 saturated heterocycles. The molecule has 57 valence electrons. The maximum atomic E-state index is 2.28. The Hall–Kier alpha value is -0.715. The lowest BCUT2D eigenvalue weighted by atomic mass is 9.66. The highest BCUT2D eigenvalue weighted by molar-refractivity contribution is 6.53. The van der Waals surface area contributed by atoms with Crippen LogP contribution in [0.3, 0.4) is 0 Å². The van der Waals surface area contributed by atoms with Crippen LogP contribution >= 0.6 is 0 Å². The van der Waals surface area contributed by atoms with Gasteiger partial charge >= 0.3 is 0 Å². The molecule has 0 aliphatic carbocycles. The molecule has 0 bridgehead atoms. The van der Waals surface area contributed by atoms with Gasteiger partial charge in [-0.1, -0.05) is 55.0 Å². The molecule has 0 amide bonds. The first-order valence-corrected chi connectivity index (χ1v) is 4.23. The third-order valence-electron chi connectivity index (χ3n) is 1.75. The van der Waals surface area contributed by atoms with Crippen molar-refractivity contribution in [2.24, 2.45) is 0 Å². The topological polar surface area (TPSA) is 0 Å². The van der Waals surface area contributed by atoms with Crippen molar-refractivity contribution in [3.05, 3.63) is 29.8 Å². The average molecular weight is 145 g/mol. The Morgan fingerprint density at radius 1 is 1.18 bits per heavy atom. The normalized spacial score (nSPS) is 9.64. The van der Waals surface area contributed by atoms with Crippen LogP contribution in [0.4, 0.5) is 0 Å². The minimum atomic E-state index is 1.18. The van der Waals surface area contributed by atoms with E-state index in [4.69, 9.17) is 0 Å². The highest BCUT2D eigenvalue weighted by Crippen LogP contribution is 1.93. The predicted octanol–water partition coefficient (Wildman–Crippen LogP) is 2.15. The monoisotopic (exact) mass is 145 g/mol. The van der Waals surface area contributed by atoms with Crippen molar-refractivity contribution >= 4 is 12.7 Å². The van der Waals surface area contributed by atoms with Crippen molar-refractivity contribution in [1.29, 1.82) is 0 Å². The summed E-state index contributed by atoms with van der Waals surface area (Å²) < 4.78 is 0. The van der Waals surface area contributed by atoms with E-state index in [0.717, 1.165) is 0 Å². The van der Waals surface area contributed by atoms with E-state index < -0.39 is 0 Å². The number of aryl methyl sites for hydroxylation is 1. The molecule has 0 aromatic heterocycles. The van der Waals surface area contributed by atoms with Crippen molar-refractivity contribution in [2.45, 2.75) is 26.6 Å². The highest BCUT2D eigenvalue weighted by atomic mass is 13.8. The summed E-state index contributed by atoms with van der Waals surface area (Å²) in [5.41, 5.74) is 2.68. The standard InChI is InChI=1S/C10H14B/c1-3-8-11-10-6-4-9(2)5-7-10/h4-7H,3,8H2,1-2H3. The molecule has 1 aromatic rings. The second-order valence-electron chi connectivity index (χ2n) is 2.90. The van der Waals surface area contributed by atoms with Gasteiger partial charge in [0.05, 0.1) is 0 Å². The van der Waals surface area contributed by atoms with E-state index in [9.17, 15) is 0 Å². The van der Waals surface area contributed by atoms with Gasteiger partial charge in [0.25, 0.3) is 0 Å². The lowest BCUT2D eigenvalue weighted by Crippen LogP contribution is -2.12. The maximum Gasteiger partial charge on any atom is 0.151 e. The van der Waals surface area contributed by atoms with E-state index in [1.165, 1.54) is 23.8 Å². The van der Waals surface area contributed by atoms with Crippen molar-refractivity contribution in [1.82, 2.24) is 0 Å². The molecule has 1 aromatic carbocycles. The predicted molar refractivity (Wildman–Crippen MR) is 51.7 cm³/mol. The van der Waals surface area contributed by atoms with Crippen molar-refractivity contribution in [3.8, 4) is 0 Å². The summed E-state index contributed by atoms with van der Waals surface area (Å²) in [4.78, 5) is 0. The van der Waals surface area contributed by atoms with Crippen LogP contribution in [0.5, 0.6) is 0 Å². The van der Waals surface area contributed by atoms with Gasteiger partial charge in [0.2, 0.25) is 0 Å². The summed E-state index contributed by atoms with van der Waals surface area (Å²) in [5.74, 6) is 0. The second-order valence-corrected chi connectivity index (χ2v) is 2.90. The first-order valence-electron chi connectivity index (χ1n) is 4.23. The molecule has 0 heterocycles. The quantitative estimate of drug-likeness (QED) is 0.571. The first-order chi connectivity index (χ1) is 5.33. The Labute approximate surface area is 69.9 Å². The van der Waals surface area contributed by atoms with E-state index in [0.29, 0.717) is 0 Å². The van der Waals surface area contributed by atoms with E-state index in [2.05, 4.69) is 45.4 Å². The molecule has 11 heavy (non-hydrogen) atoms. The van der Waals surface area contributed by atoms with Crippen molar-refractivity contribution < 1.29 is 0 Å². The molecule has 1 radical (unpaired) electrons. The zero-order chi connectivity index (χ0) is 8.10. The SMILES string of the molecule is CCC[B]c1ccc(C)cc1. The number of rotatable bonds is 3. The molecular formula is C10H14B. The van der Waals surface area contributed by atoms with Gasteiger partial charge in [0.15, 0.2) is 7.28 Å². The Kier molecular flexibility index (Phi) is 3.22. The summed E-state index contributed by atoms with van der Waals surface area (Å²) in [7, 11) is 2.28. The van der Waals surface area contributed by atoms with Gasteiger partial charge in [0, 0.05) is 0 Å². The van der Waals surface area contributed by atoms with Gasteiger partial charge in [-0.3, -0.25) is 0 Å². The zero-order valence-electron chi connectivity index (χ0n) is 7.30. The van der Waals surface area contributed by atoms with Gasteiger partial charge in [-0.05, 0) is 6.92 Å². The first kappa shape index (κ1) is 8.38. The lowest BCUT2D eigenvalue weighted by Gasteiger charge is -1.97. The van der Waals surface area contributed by atoms with E-state index in [1.807, 2.05) is 0 Å². The Morgan fingerprint density at radius 2 is 1.82 bits per heavy atom. The van der Waals surface area contributed by atoms with Crippen LogP contribution in [0.15, 0.2) is 24.3 Å². The van der Waals surface area contributed by atoms with Gasteiger partial charge in [-0.15, -0.1) is 0 Å². The Morgan fingerprint density at radius 3 is 2.36 bits per heavy atom. The Balaban J connectivity index is 2.52. The zero-order valence-corrected chi connectivity index (χ0v) is 7.30. The largest absolute Gasteiger partial charge is 0.151 e.